The Morgan fingerprint density at radius 1 is 1.00 bits per heavy atom. The van der Waals surface area contributed by atoms with Crippen LogP contribution in [0.4, 0.5) is 0 Å². The Kier molecular flexibility index (Phi) is 6.92. The molecular weight excluding hydrogens is 414 g/mol. The molecule has 2 heterocycles. The number of halogens is 1. The SMILES string of the molecule is CC(C)[N+]1(C)[C@@H]2CC[C@H]1C[C@@H](OC(=O)C(c1ccccc1)C1CCCC1)C2.[Br-]. The van der Waals surface area contributed by atoms with E-state index in [0.29, 0.717) is 24.0 Å². The van der Waals surface area contributed by atoms with Crippen LogP contribution in [0.25, 0.3) is 0 Å². The Balaban J connectivity index is 0.00000225. The normalized spacial score (nSPS) is 33.5. The van der Waals surface area contributed by atoms with Gasteiger partial charge >= 0.3 is 5.97 Å². The Morgan fingerprint density at radius 3 is 2.11 bits per heavy atom. The molecule has 0 amide bonds. The number of esters is 1. The van der Waals surface area contributed by atoms with Crippen LogP contribution in [-0.2, 0) is 9.53 Å². The molecule has 1 aliphatic carbocycles. The van der Waals surface area contributed by atoms with Crippen molar-refractivity contribution in [2.45, 2.75) is 95.4 Å². The van der Waals surface area contributed by atoms with Gasteiger partial charge in [0.15, 0.2) is 0 Å². The number of nitrogens with zero attached hydrogens (tertiary/aromatic N) is 1. The van der Waals surface area contributed by atoms with Gasteiger partial charge in [0.05, 0.1) is 31.1 Å². The van der Waals surface area contributed by atoms with E-state index in [4.69, 9.17) is 4.74 Å². The molecule has 2 bridgehead atoms. The summed E-state index contributed by atoms with van der Waals surface area (Å²) in [6.07, 6.45) is 9.60. The van der Waals surface area contributed by atoms with E-state index in [0.717, 1.165) is 31.2 Å². The first-order chi connectivity index (χ1) is 13.0. The van der Waals surface area contributed by atoms with Crippen molar-refractivity contribution in [3.63, 3.8) is 0 Å². The number of hydrogen-bond donors (Lipinski definition) is 0. The Bertz CT molecular complexity index is 642. The molecule has 1 aromatic carbocycles. The lowest BCUT2D eigenvalue weighted by atomic mass is 9.84. The van der Waals surface area contributed by atoms with Crippen LogP contribution in [0.15, 0.2) is 30.3 Å². The van der Waals surface area contributed by atoms with E-state index in [9.17, 15) is 4.79 Å². The van der Waals surface area contributed by atoms with Crippen LogP contribution in [-0.4, -0.2) is 41.7 Å². The van der Waals surface area contributed by atoms with Crippen LogP contribution in [0.2, 0.25) is 0 Å². The van der Waals surface area contributed by atoms with Crippen molar-refractivity contribution < 1.29 is 31.0 Å². The minimum absolute atomic E-state index is 0. The molecule has 4 heteroatoms. The molecule has 0 aromatic heterocycles. The number of hydrogen-bond acceptors (Lipinski definition) is 2. The maximum Gasteiger partial charge on any atom is 0.313 e. The number of fused-ring (bicyclic) bond motifs is 2. The number of ether oxygens (including phenoxy) is 1. The minimum Gasteiger partial charge on any atom is -1.00 e. The number of quaternary nitrogens is 1. The third kappa shape index (κ3) is 3.92. The topological polar surface area (TPSA) is 26.3 Å². The van der Waals surface area contributed by atoms with Crippen LogP contribution in [0.3, 0.4) is 0 Å². The largest absolute Gasteiger partial charge is 1.00 e. The molecule has 0 spiro atoms. The second-order valence-electron chi connectivity index (χ2n) is 9.66. The predicted octanol–water partition coefficient (Wildman–Crippen LogP) is 2.06. The molecule has 3 aliphatic rings. The van der Waals surface area contributed by atoms with Gasteiger partial charge in [0.1, 0.15) is 6.10 Å². The highest BCUT2D eigenvalue weighted by atomic mass is 79.9. The fourth-order valence-electron chi connectivity index (χ4n) is 6.36. The third-order valence-corrected chi connectivity index (χ3v) is 8.16. The van der Waals surface area contributed by atoms with E-state index < -0.39 is 0 Å². The van der Waals surface area contributed by atoms with Crippen molar-refractivity contribution in [1.82, 2.24) is 0 Å². The van der Waals surface area contributed by atoms with Gasteiger partial charge in [0, 0.05) is 25.7 Å². The first-order valence-electron chi connectivity index (χ1n) is 11.1. The molecule has 4 rings (SSSR count). The molecular formula is C24H36BrNO2. The van der Waals surface area contributed by atoms with E-state index in [-0.39, 0.29) is 35.0 Å². The molecule has 1 saturated carbocycles. The summed E-state index contributed by atoms with van der Waals surface area (Å²) >= 11 is 0. The Hall–Kier alpha value is -0.870. The maximum absolute atomic E-state index is 13.3. The fraction of sp³-hybridized carbons (Fsp3) is 0.708. The van der Waals surface area contributed by atoms with Gasteiger partial charge < -0.3 is 26.2 Å². The van der Waals surface area contributed by atoms with Crippen molar-refractivity contribution in [2.75, 3.05) is 7.05 Å². The first-order valence-corrected chi connectivity index (χ1v) is 11.1. The zero-order valence-electron chi connectivity index (χ0n) is 17.6. The van der Waals surface area contributed by atoms with Crippen LogP contribution in [0.5, 0.6) is 0 Å². The Labute approximate surface area is 181 Å². The molecule has 3 fully saturated rings. The summed E-state index contributed by atoms with van der Waals surface area (Å²) in [7, 11) is 2.43. The third-order valence-electron chi connectivity index (χ3n) is 8.16. The van der Waals surface area contributed by atoms with Crippen LogP contribution >= 0.6 is 0 Å². The highest BCUT2D eigenvalue weighted by Gasteiger charge is 2.54. The summed E-state index contributed by atoms with van der Waals surface area (Å²) in [5.41, 5.74) is 1.15. The number of carbonyl (C=O) groups excluding carboxylic acids is 1. The zero-order valence-corrected chi connectivity index (χ0v) is 19.2. The second-order valence-corrected chi connectivity index (χ2v) is 9.66. The lowest BCUT2D eigenvalue weighted by Gasteiger charge is -2.49. The minimum atomic E-state index is -0.0701. The molecule has 3 nitrogen and oxygen atoms in total. The summed E-state index contributed by atoms with van der Waals surface area (Å²) in [6, 6.07) is 12.3. The van der Waals surface area contributed by atoms with Gasteiger partial charge in [-0.25, -0.2) is 0 Å². The molecule has 28 heavy (non-hydrogen) atoms. The molecule has 2 aliphatic heterocycles. The molecule has 1 aromatic rings. The van der Waals surface area contributed by atoms with Crippen LogP contribution < -0.4 is 17.0 Å². The van der Waals surface area contributed by atoms with Crippen LogP contribution in [0, 0.1) is 5.92 Å². The molecule has 5 atom stereocenters. The molecule has 0 radical (unpaired) electrons. The lowest BCUT2D eigenvalue weighted by molar-refractivity contribution is -0.968. The van der Waals surface area contributed by atoms with Gasteiger partial charge in [0.2, 0.25) is 0 Å². The van der Waals surface area contributed by atoms with Crippen LogP contribution in [0.1, 0.15) is 76.7 Å². The number of benzene rings is 1. The first kappa shape index (κ1) is 21.8. The number of piperidine rings is 1. The summed E-state index contributed by atoms with van der Waals surface area (Å²) in [5.74, 6) is 0.425. The number of rotatable bonds is 5. The van der Waals surface area contributed by atoms with E-state index >= 15 is 0 Å². The average molecular weight is 450 g/mol. The molecule has 156 valence electrons. The fourth-order valence-corrected chi connectivity index (χ4v) is 6.36. The second kappa shape index (κ2) is 8.87. The van der Waals surface area contributed by atoms with Gasteiger partial charge in [-0.15, -0.1) is 0 Å². The smallest absolute Gasteiger partial charge is 0.313 e. The Morgan fingerprint density at radius 2 is 1.57 bits per heavy atom. The van der Waals surface area contributed by atoms with Crippen molar-refractivity contribution in [3.8, 4) is 0 Å². The van der Waals surface area contributed by atoms with E-state index in [2.05, 4.69) is 45.2 Å². The lowest BCUT2D eigenvalue weighted by Crippen LogP contribution is -3.00. The van der Waals surface area contributed by atoms with Crippen molar-refractivity contribution in [3.05, 3.63) is 35.9 Å². The quantitative estimate of drug-likeness (QED) is 0.507. The standard InChI is InChI=1S/C24H36NO2.BrH/c1-17(2)25(3)20-13-14-21(25)16-22(15-20)27-24(26)23(19-11-7-8-12-19)18-9-5-4-6-10-18;/h4-6,9-10,17,19-23H,7-8,11-16H2,1-3H3;1H/q+1;/p-1/t20-,21+,22+,23?,25?;. The average Bonchev–Trinajstić information content (AvgIpc) is 3.21. The van der Waals surface area contributed by atoms with Crippen molar-refractivity contribution in [2.24, 2.45) is 5.92 Å². The summed E-state index contributed by atoms with van der Waals surface area (Å²) in [4.78, 5) is 13.3. The summed E-state index contributed by atoms with van der Waals surface area (Å²) in [6.45, 7) is 4.70. The summed E-state index contributed by atoms with van der Waals surface area (Å²) in [5, 5.41) is 0. The van der Waals surface area contributed by atoms with Gasteiger partial charge in [-0.05, 0) is 38.2 Å². The van der Waals surface area contributed by atoms with Crippen molar-refractivity contribution >= 4 is 5.97 Å². The van der Waals surface area contributed by atoms with Crippen molar-refractivity contribution in [1.29, 1.82) is 0 Å². The highest BCUT2D eigenvalue weighted by molar-refractivity contribution is 5.78. The number of carbonyl (C=O) groups is 1. The predicted molar refractivity (Wildman–Crippen MR) is 108 cm³/mol. The van der Waals surface area contributed by atoms with Gasteiger partial charge in [-0.3, -0.25) is 4.79 Å². The van der Waals surface area contributed by atoms with E-state index in [1.54, 1.807) is 0 Å². The van der Waals surface area contributed by atoms with E-state index in [1.165, 1.54) is 30.2 Å². The van der Waals surface area contributed by atoms with E-state index in [1.807, 2.05) is 6.07 Å². The molecule has 2 saturated heterocycles. The highest BCUT2D eigenvalue weighted by Crippen LogP contribution is 2.45. The molecule has 2 unspecified atom stereocenters. The van der Waals surface area contributed by atoms with Gasteiger partial charge in [-0.1, -0.05) is 43.2 Å². The van der Waals surface area contributed by atoms with Gasteiger partial charge in [0.25, 0.3) is 0 Å². The zero-order chi connectivity index (χ0) is 19.0. The molecule has 0 N–H and O–H groups in total. The maximum atomic E-state index is 13.3. The van der Waals surface area contributed by atoms with Gasteiger partial charge in [-0.2, -0.15) is 0 Å². The monoisotopic (exact) mass is 449 g/mol. The summed E-state index contributed by atoms with van der Waals surface area (Å²) < 4.78 is 7.40.